The molecule has 6 rings (SSSR count). The molecule has 1 saturated heterocycles. The minimum Gasteiger partial charge on any atom is -0.457 e. The summed E-state index contributed by atoms with van der Waals surface area (Å²) in [5.41, 5.74) is 2.94. The van der Waals surface area contributed by atoms with Gasteiger partial charge in [-0.3, -0.25) is 4.79 Å². The van der Waals surface area contributed by atoms with Crippen molar-refractivity contribution < 1.29 is 19.4 Å². The van der Waals surface area contributed by atoms with Crippen molar-refractivity contribution in [2.45, 2.75) is 30.7 Å². The average Bonchev–Trinajstić information content (AvgIpc) is 3.31. The largest absolute Gasteiger partial charge is 0.457 e. The summed E-state index contributed by atoms with van der Waals surface area (Å²) in [5, 5.41) is 11.1. The highest BCUT2D eigenvalue weighted by molar-refractivity contribution is 5.79. The Morgan fingerprint density at radius 2 is 1.10 bits per heavy atom. The van der Waals surface area contributed by atoms with Crippen LogP contribution in [0.1, 0.15) is 28.7 Å². The lowest BCUT2D eigenvalue weighted by molar-refractivity contribution is -0.131. The molecule has 5 nitrogen and oxygen atoms in total. The second kappa shape index (κ2) is 12.4. The summed E-state index contributed by atoms with van der Waals surface area (Å²) in [6.07, 6.45) is -0.767. The number of hydrogen-bond acceptors (Lipinski definition) is 4. The highest BCUT2D eigenvalue weighted by atomic mass is 16.5. The van der Waals surface area contributed by atoms with E-state index < -0.39 is 17.7 Å². The van der Waals surface area contributed by atoms with E-state index in [4.69, 9.17) is 9.47 Å². The summed E-state index contributed by atoms with van der Waals surface area (Å²) in [6.45, 7) is 0.519. The Hall–Kier alpha value is -4.71. The summed E-state index contributed by atoms with van der Waals surface area (Å²) in [6, 6.07) is 47.2. The molecule has 2 atom stereocenters. The van der Waals surface area contributed by atoms with Crippen LogP contribution in [0.4, 0.5) is 0 Å². The molecule has 1 amide bonds. The molecule has 210 valence electrons. The first-order valence-electron chi connectivity index (χ1n) is 14.2. The fourth-order valence-corrected chi connectivity index (χ4v) is 5.69. The number of amides is 1. The summed E-state index contributed by atoms with van der Waals surface area (Å²) in [5.74, 6) is 1.39. The van der Waals surface area contributed by atoms with Crippen molar-refractivity contribution in [2.75, 3.05) is 6.61 Å². The predicted octanol–water partition coefficient (Wildman–Crippen LogP) is 6.95. The van der Waals surface area contributed by atoms with Crippen LogP contribution in [0.5, 0.6) is 11.5 Å². The Morgan fingerprint density at radius 3 is 1.60 bits per heavy atom. The normalized spacial score (nSPS) is 16.9. The number of aliphatic hydroxyl groups is 1. The van der Waals surface area contributed by atoms with Gasteiger partial charge in [0.05, 0.1) is 25.2 Å². The second-order valence-corrected chi connectivity index (χ2v) is 10.5. The quantitative estimate of drug-likeness (QED) is 0.190. The third kappa shape index (κ3) is 5.70. The van der Waals surface area contributed by atoms with Gasteiger partial charge in [-0.2, -0.15) is 0 Å². The van der Waals surface area contributed by atoms with Gasteiger partial charge in [-0.05, 0) is 46.5 Å². The number of nitrogens with zero attached hydrogens (tertiary/aromatic N) is 1. The van der Waals surface area contributed by atoms with Gasteiger partial charge in [0, 0.05) is 6.54 Å². The summed E-state index contributed by atoms with van der Waals surface area (Å²) in [7, 11) is 0. The van der Waals surface area contributed by atoms with Crippen molar-refractivity contribution in [1.29, 1.82) is 0 Å². The first kappa shape index (κ1) is 27.5. The number of benzene rings is 5. The van der Waals surface area contributed by atoms with Gasteiger partial charge in [0.1, 0.15) is 17.1 Å². The van der Waals surface area contributed by atoms with Gasteiger partial charge in [-0.25, -0.2) is 0 Å². The maximum atomic E-state index is 13.1. The Labute approximate surface area is 246 Å². The molecule has 1 fully saturated rings. The topological polar surface area (TPSA) is 59.0 Å². The Bertz CT molecular complexity index is 1480. The number of aliphatic hydroxyl groups excluding tert-OH is 1. The number of carbonyl (C=O) groups excluding carboxylic acids is 1. The smallest absolute Gasteiger partial charge is 0.225 e. The van der Waals surface area contributed by atoms with Crippen molar-refractivity contribution in [3.63, 3.8) is 0 Å². The fourth-order valence-electron chi connectivity index (χ4n) is 5.69. The van der Waals surface area contributed by atoms with Gasteiger partial charge >= 0.3 is 0 Å². The van der Waals surface area contributed by atoms with Gasteiger partial charge in [-0.1, -0.05) is 121 Å². The number of rotatable bonds is 10. The van der Waals surface area contributed by atoms with E-state index in [2.05, 4.69) is 36.4 Å². The van der Waals surface area contributed by atoms with Crippen molar-refractivity contribution in [2.24, 2.45) is 0 Å². The van der Waals surface area contributed by atoms with Crippen LogP contribution in [-0.4, -0.2) is 34.7 Å². The fraction of sp³-hybridized carbons (Fsp3) is 0.162. The zero-order chi connectivity index (χ0) is 28.8. The van der Waals surface area contributed by atoms with Crippen molar-refractivity contribution in [1.82, 2.24) is 4.90 Å². The number of ether oxygens (including phenoxy) is 2. The van der Waals surface area contributed by atoms with E-state index >= 15 is 0 Å². The highest BCUT2D eigenvalue weighted by Crippen LogP contribution is 2.41. The molecule has 0 radical (unpaired) electrons. The van der Waals surface area contributed by atoms with Crippen molar-refractivity contribution in [3.8, 4) is 11.5 Å². The average molecular weight is 556 g/mol. The third-order valence-electron chi connectivity index (χ3n) is 7.82. The molecule has 0 saturated carbocycles. The van der Waals surface area contributed by atoms with Crippen LogP contribution in [0, 0.1) is 0 Å². The van der Waals surface area contributed by atoms with Crippen LogP contribution in [0.25, 0.3) is 0 Å². The summed E-state index contributed by atoms with van der Waals surface area (Å²) >= 11 is 0. The molecule has 0 aliphatic carbocycles. The van der Waals surface area contributed by atoms with Crippen LogP contribution < -0.4 is 4.74 Å². The first-order valence-corrected chi connectivity index (χ1v) is 14.2. The lowest BCUT2D eigenvalue weighted by atomic mass is 9.80. The molecule has 5 aromatic carbocycles. The molecule has 0 spiro atoms. The van der Waals surface area contributed by atoms with E-state index in [9.17, 15) is 9.90 Å². The lowest BCUT2D eigenvalue weighted by Gasteiger charge is -2.38. The SMILES string of the molecule is O=C1C[C@H](O)[C@H](COC(c2ccccc2)(c2ccccc2)c2ccccc2)N1Cc1ccc(Oc2ccccc2)cc1. The molecule has 0 bridgehead atoms. The van der Waals surface area contributed by atoms with Crippen molar-refractivity contribution >= 4 is 5.91 Å². The van der Waals surface area contributed by atoms with Crippen molar-refractivity contribution in [3.05, 3.63) is 168 Å². The molecule has 42 heavy (non-hydrogen) atoms. The van der Waals surface area contributed by atoms with Gasteiger partial charge in [0.2, 0.25) is 5.91 Å². The van der Waals surface area contributed by atoms with Gasteiger partial charge in [0.15, 0.2) is 0 Å². The maximum absolute atomic E-state index is 13.1. The van der Waals surface area contributed by atoms with E-state index in [1.54, 1.807) is 4.90 Å². The number of hydrogen-bond donors (Lipinski definition) is 1. The molecule has 1 N–H and O–H groups in total. The molecule has 1 aliphatic heterocycles. The molecule has 5 heteroatoms. The molecule has 1 aliphatic rings. The summed E-state index contributed by atoms with van der Waals surface area (Å²) in [4.78, 5) is 14.9. The van der Waals surface area contributed by atoms with Gasteiger partial charge in [0.25, 0.3) is 0 Å². The van der Waals surface area contributed by atoms with E-state index in [0.29, 0.717) is 6.54 Å². The second-order valence-electron chi connectivity index (χ2n) is 10.5. The zero-order valence-electron chi connectivity index (χ0n) is 23.3. The molecule has 0 aromatic heterocycles. The number of para-hydroxylation sites is 1. The Balaban J connectivity index is 1.28. The van der Waals surface area contributed by atoms with Crippen LogP contribution >= 0.6 is 0 Å². The van der Waals surface area contributed by atoms with Crippen LogP contribution in [0.2, 0.25) is 0 Å². The van der Waals surface area contributed by atoms with E-state index in [-0.39, 0.29) is 18.9 Å². The Morgan fingerprint density at radius 1 is 0.643 bits per heavy atom. The van der Waals surface area contributed by atoms with E-state index in [1.165, 1.54) is 0 Å². The monoisotopic (exact) mass is 555 g/mol. The number of carbonyl (C=O) groups is 1. The Kier molecular flexibility index (Phi) is 8.13. The standard InChI is InChI=1S/C37H33NO4/c39-35-25-36(40)38(26-28-21-23-33(24-22-28)42-32-19-11-4-12-20-32)34(35)27-41-37(29-13-5-1-6-14-29,30-15-7-2-8-16-30)31-17-9-3-10-18-31/h1-24,34-35,39H,25-27H2/t34-,35-/m0/s1. The molecule has 0 unspecified atom stereocenters. The predicted molar refractivity (Wildman–Crippen MR) is 163 cm³/mol. The van der Waals surface area contributed by atoms with Gasteiger partial charge in [-0.15, -0.1) is 0 Å². The maximum Gasteiger partial charge on any atom is 0.225 e. The molecule has 5 aromatic rings. The third-order valence-corrected chi connectivity index (χ3v) is 7.82. The first-order chi connectivity index (χ1) is 20.6. The lowest BCUT2D eigenvalue weighted by Crippen LogP contribution is -2.44. The summed E-state index contributed by atoms with van der Waals surface area (Å²) < 4.78 is 12.9. The zero-order valence-corrected chi connectivity index (χ0v) is 23.3. The van der Waals surface area contributed by atoms with Crippen LogP contribution in [-0.2, 0) is 21.7 Å². The molecular weight excluding hydrogens is 522 g/mol. The minimum atomic E-state index is -0.933. The van der Waals surface area contributed by atoms with Gasteiger partial charge < -0.3 is 19.5 Å². The van der Waals surface area contributed by atoms with E-state index in [1.807, 2.05) is 109 Å². The highest BCUT2D eigenvalue weighted by Gasteiger charge is 2.43. The minimum absolute atomic E-state index is 0.0677. The van der Waals surface area contributed by atoms with Crippen LogP contribution in [0.15, 0.2) is 146 Å². The number of likely N-dealkylation sites (tertiary alicyclic amines) is 1. The molecular formula is C37H33NO4. The van der Waals surface area contributed by atoms with E-state index in [0.717, 1.165) is 33.8 Å². The van der Waals surface area contributed by atoms with Crippen LogP contribution in [0.3, 0.4) is 0 Å². The molecule has 1 heterocycles.